The van der Waals surface area contributed by atoms with Crippen LogP contribution in [0.3, 0.4) is 0 Å². The van der Waals surface area contributed by atoms with Crippen molar-refractivity contribution in [2.75, 3.05) is 0 Å². The predicted molar refractivity (Wildman–Crippen MR) is 55.5 cm³/mol. The minimum Gasteiger partial charge on any atom is -0.481 e. The summed E-state index contributed by atoms with van der Waals surface area (Å²) in [4.78, 5) is 21.0. The molecule has 0 amide bonds. The van der Waals surface area contributed by atoms with Gasteiger partial charge in [0.25, 0.3) is 0 Å². The molecular formula is C11H14O5. The van der Waals surface area contributed by atoms with Crippen LogP contribution in [0.5, 0.6) is 0 Å². The first-order valence-corrected chi connectivity index (χ1v) is 4.93. The van der Waals surface area contributed by atoms with Crippen LogP contribution >= 0.6 is 0 Å². The Balaban J connectivity index is 2.86. The van der Waals surface area contributed by atoms with Crippen molar-refractivity contribution in [3.8, 4) is 0 Å². The zero-order valence-corrected chi connectivity index (χ0v) is 9.24. The van der Waals surface area contributed by atoms with Gasteiger partial charge in [-0.3, -0.25) is 9.59 Å². The van der Waals surface area contributed by atoms with Gasteiger partial charge in [-0.05, 0) is 25.0 Å². The van der Waals surface area contributed by atoms with E-state index in [1.54, 1.807) is 13.8 Å². The normalized spacial score (nSPS) is 10.4. The maximum atomic E-state index is 10.6. The van der Waals surface area contributed by atoms with E-state index in [0.29, 0.717) is 17.9 Å². The van der Waals surface area contributed by atoms with Crippen LogP contribution in [0.2, 0.25) is 0 Å². The zero-order valence-electron chi connectivity index (χ0n) is 9.24. The van der Waals surface area contributed by atoms with Crippen molar-refractivity contribution in [2.24, 2.45) is 0 Å². The number of carbonyl (C=O) groups is 2. The SMILES string of the molecule is Cc1c(CCC(=O)O)oc(CC(=O)O)c1C. The Kier molecular flexibility index (Phi) is 3.71. The van der Waals surface area contributed by atoms with Gasteiger partial charge in [0.05, 0.1) is 6.42 Å². The molecule has 0 spiro atoms. The molecule has 0 saturated carbocycles. The van der Waals surface area contributed by atoms with Crippen LogP contribution in [-0.2, 0) is 22.4 Å². The Bertz CT molecular complexity index is 416. The monoisotopic (exact) mass is 226 g/mol. The number of carboxylic acids is 2. The third-order valence-corrected chi connectivity index (χ3v) is 2.52. The van der Waals surface area contributed by atoms with Gasteiger partial charge in [0.2, 0.25) is 0 Å². The molecular weight excluding hydrogens is 212 g/mol. The second-order valence-corrected chi connectivity index (χ2v) is 3.66. The summed E-state index contributed by atoms with van der Waals surface area (Å²) < 4.78 is 5.36. The van der Waals surface area contributed by atoms with Gasteiger partial charge in [0.1, 0.15) is 17.9 Å². The number of rotatable bonds is 5. The van der Waals surface area contributed by atoms with E-state index in [0.717, 1.165) is 11.1 Å². The summed E-state index contributed by atoms with van der Waals surface area (Å²) in [7, 11) is 0. The summed E-state index contributed by atoms with van der Waals surface area (Å²) in [5.41, 5.74) is 1.64. The van der Waals surface area contributed by atoms with Gasteiger partial charge in [0, 0.05) is 6.42 Å². The van der Waals surface area contributed by atoms with Crippen LogP contribution < -0.4 is 0 Å². The molecule has 0 aliphatic heterocycles. The molecule has 0 aromatic carbocycles. The molecule has 1 heterocycles. The van der Waals surface area contributed by atoms with E-state index >= 15 is 0 Å². The molecule has 1 rings (SSSR count). The van der Waals surface area contributed by atoms with Crippen molar-refractivity contribution < 1.29 is 24.2 Å². The van der Waals surface area contributed by atoms with Crippen LogP contribution in [-0.4, -0.2) is 22.2 Å². The summed E-state index contributed by atoms with van der Waals surface area (Å²) in [5, 5.41) is 17.2. The fraction of sp³-hybridized carbons (Fsp3) is 0.455. The van der Waals surface area contributed by atoms with Crippen LogP contribution in [0.1, 0.15) is 29.1 Å². The second-order valence-electron chi connectivity index (χ2n) is 3.66. The summed E-state index contributed by atoms with van der Waals surface area (Å²) >= 11 is 0. The van der Waals surface area contributed by atoms with Crippen LogP contribution in [0.25, 0.3) is 0 Å². The minimum absolute atomic E-state index is 0.0136. The van der Waals surface area contributed by atoms with Gasteiger partial charge in [-0.2, -0.15) is 0 Å². The van der Waals surface area contributed by atoms with Crippen molar-refractivity contribution in [3.05, 3.63) is 22.6 Å². The lowest BCUT2D eigenvalue weighted by molar-refractivity contribution is -0.138. The van der Waals surface area contributed by atoms with Crippen molar-refractivity contribution in [2.45, 2.75) is 33.1 Å². The van der Waals surface area contributed by atoms with Crippen LogP contribution in [0.4, 0.5) is 0 Å². The van der Waals surface area contributed by atoms with Crippen molar-refractivity contribution in [1.82, 2.24) is 0 Å². The molecule has 0 radical (unpaired) electrons. The molecule has 0 aliphatic carbocycles. The standard InChI is InChI=1S/C11H14O5/c1-6-7(2)9(5-11(14)15)16-8(6)3-4-10(12)13/h3-5H2,1-2H3,(H,12,13)(H,14,15). The average molecular weight is 226 g/mol. The molecule has 0 bridgehead atoms. The van der Waals surface area contributed by atoms with Gasteiger partial charge in [-0.1, -0.05) is 0 Å². The maximum absolute atomic E-state index is 10.6. The molecule has 5 heteroatoms. The summed E-state index contributed by atoms with van der Waals surface area (Å²) in [6.07, 6.45) is 0.113. The van der Waals surface area contributed by atoms with Crippen LogP contribution in [0, 0.1) is 13.8 Å². The molecule has 88 valence electrons. The van der Waals surface area contributed by atoms with Gasteiger partial charge in [-0.25, -0.2) is 0 Å². The Morgan fingerprint density at radius 2 is 1.62 bits per heavy atom. The molecule has 1 aromatic heterocycles. The summed E-state index contributed by atoms with van der Waals surface area (Å²) in [6.45, 7) is 3.59. The highest BCUT2D eigenvalue weighted by atomic mass is 16.4. The van der Waals surface area contributed by atoms with Crippen LogP contribution in [0.15, 0.2) is 4.42 Å². The number of hydrogen-bond donors (Lipinski definition) is 2. The number of aliphatic carboxylic acids is 2. The second kappa shape index (κ2) is 4.83. The van der Waals surface area contributed by atoms with Crippen molar-refractivity contribution in [1.29, 1.82) is 0 Å². The largest absolute Gasteiger partial charge is 0.481 e. The van der Waals surface area contributed by atoms with E-state index in [-0.39, 0.29) is 12.8 Å². The van der Waals surface area contributed by atoms with Crippen molar-refractivity contribution >= 4 is 11.9 Å². The Labute approximate surface area is 92.7 Å². The quantitative estimate of drug-likeness (QED) is 0.795. The van der Waals surface area contributed by atoms with E-state index in [1.165, 1.54) is 0 Å². The zero-order chi connectivity index (χ0) is 12.3. The molecule has 0 atom stereocenters. The number of furan rings is 1. The fourth-order valence-corrected chi connectivity index (χ4v) is 1.49. The molecule has 0 fully saturated rings. The summed E-state index contributed by atoms with van der Waals surface area (Å²) in [6, 6.07) is 0. The van der Waals surface area contributed by atoms with E-state index < -0.39 is 11.9 Å². The van der Waals surface area contributed by atoms with E-state index in [4.69, 9.17) is 14.6 Å². The van der Waals surface area contributed by atoms with Gasteiger partial charge in [-0.15, -0.1) is 0 Å². The topological polar surface area (TPSA) is 87.7 Å². The third-order valence-electron chi connectivity index (χ3n) is 2.52. The highest BCUT2D eigenvalue weighted by molar-refractivity contribution is 5.70. The average Bonchev–Trinajstić information content (AvgIpc) is 2.42. The van der Waals surface area contributed by atoms with Crippen molar-refractivity contribution in [3.63, 3.8) is 0 Å². The number of carboxylic acid groups (broad SMARTS) is 2. The molecule has 0 aliphatic rings. The Morgan fingerprint density at radius 3 is 2.12 bits per heavy atom. The Hall–Kier alpha value is -1.78. The van der Waals surface area contributed by atoms with Gasteiger partial charge >= 0.3 is 11.9 Å². The fourth-order valence-electron chi connectivity index (χ4n) is 1.49. The Morgan fingerprint density at radius 1 is 1.06 bits per heavy atom. The molecule has 0 saturated heterocycles. The molecule has 16 heavy (non-hydrogen) atoms. The van der Waals surface area contributed by atoms with Gasteiger partial charge in [0.15, 0.2) is 0 Å². The smallest absolute Gasteiger partial charge is 0.311 e. The van der Waals surface area contributed by atoms with Gasteiger partial charge < -0.3 is 14.6 Å². The highest BCUT2D eigenvalue weighted by Gasteiger charge is 2.16. The van der Waals surface area contributed by atoms with E-state index in [1.807, 2.05) is 0 Å². The van der Waals surface area contributed by atoms with E-state index in [9.17, 15) is 9.59 Å². The number of aryl methyl sites for hydroxylation is 1. The molecule has 2 N–H and O–H groups in total. The lowest BCUT2D eigenvalue weighted by Gasteiger charge is -1.94. The maximum Gasteiger partial charge on any atom is 0.311 e. The summed E-state index contributed by atoms with van der Waals surface area (Å²) in [5.74, 6) is -0.878. The third kappa shape index (κ3) is 2.85. The molecule has 0 unspecified atom stereocenters. The highest BCUT2D eigenvalue weighted by Crippen LogP contribution is 2.22. The first kappa shape index (κ1) is 12.3. The number of hydrogen-bond acceptors (Lipinski definition) is 3. The molecule has 5 nitrogen and oxygen atoms in total. The first-order valence-electron chi connectivity index (χ1n) is 4.93. The lowest BCUT2D eigenvalue weighted by atomic mass is 10.1. The minimum atomic E-state index is -0.957. The van der Waals surface area contributed by atoms with E-state index in [2.05, 4.69) is 0 Å². The lowest BCUT2D eigenvalue weighted by Crippen LogP contribution is -2.00. The first-order chi connectivity index (χ1) is 7.41. The molecule has 1 aromatic rings. The predicted octanol–water partition coefficient (Wildman–Crippen LogP) is 1.54.